The van der Waals surface area contributed by atoms with Crippen LogP contribution < -0.4 is 4.73 Å². The lowest BCUT2D eigenvalue weighted by Crippen LogP contribution is -2.27. The summed E-state index contributed by atoms with van der Waals surface area (Å²) < 4.78 is 51.5. The first-order valence-corrected chi connectivity index (χ1v) is 12.7. The Labute approximate surface area is 246 Å². The van der Waals surface area contributed by atoms with Gasteiger partial charge in [-0.25, -0.2) is 32.5 Å². The molecule has 15 heteroatoms. The van der Waals surface area contributed by atoms with Gasteiger partial charge in [0.25, 0.3) is 4.60 Å². The average molecular weight is 817 g/mol. The first-order chi connectivity index (χ1) is 17.5. The number of rotatable bonds is 0. The Morgan fingerprint density at radius 3 is 1.73 bits per heavy atom. The second-order valence-corrected chi connectivity index (χ2v) is 9.49. The molecule has 0 spiro atoms. The molecule has 4 aromatic heterocycles. The lowest BCUT2D eigenvalue weighted by Gasteiger charge is -1.95. The Kier molecular flexibility index (Phi) is 14.8. The number of aromatic nitrogens is 4. The Morgan fingerprint density at radius 2 is 1.30 bits per heavy atom. The van der Waals surface area contributed by atoms with Crippen LogP contribution in [0.1, 0.15) is 11.4 Å². The summed E-state index contributed by atoms with van der Waals surface area (Å²) in [6.07, 6.45) is 2.01. The molecular weight excluding hydrogens is 807 g/mol. The zero-order valence-electron chi connectivity index (χ0n) is 17.9. The Bertz CT molecular complexity index is 1340. The standard InChI is InChI=1S/C6H2BrFN2.C6H2FIN2.C5H3BrFNO.C5H3BrFN/c7-6-2-1-4(8)5(3-9)10-6;7-4-1-2-6(8)10-5(4)3-9;6-5-2-1-4(7)3-8(5)9;6-5-2-1-4(7)3-8-5/h2*1-2H;1-3H;1-3H. The van der Waals surface area contributed by atoms with Crippen LogP contribution in [0.2, 0.25) is 0 Å². The monoisotopic (exact) mass is 814 g/mol. The van der Waals surface area contributed by atoms with Gasteiger partial charge in [0, 0.05) is 22.0 Å². The highest BCUT2D eigenvalue weighted by Crippen LogP contribution is 2.09. The van der Waals surface area contributed by atoms with E-state index in [4.69, 9.17) is 10.5 Å². The molecule has 0 unspecified atom stereocenters. The maximum atomic E-state index is 12.5. The predicted octanol–water partition coefficient (Wildman–Crippen LogP) is 6.76. The fraction of sp³-hybridized carbons (Fsp3) is 0. The van der Waals surface area contributed by atoms with Crippen molar-refractivity contribution in [2.75, 3.05) is 0 Å². The van der Waals surface area contributed by atoms with Gasteiger partial charge in [0.05, 0.1) is 6.20 Å². The molecule has 0 aromatic carbocycles. The van der Waals surface area contributed by atoms with E-state index in [1.54, 1.807) is 18.2 Å². The van der Waals surface area contributed by atoms with Gasteiger partial charge in [0.15, 0.2) is 28.8 Å². The van der Waals surface area contributed by atoms with Gasteiger partial charge in [0.2, 0.25) is 6.20 Å². The quantitative estimate of drug-likeness (QED) is 0.0638. The van der Waals surface area contributed by atoms with E-state index in [1.165, 1.54) is 42.5 Å². The van der Waals surface area contributed by atoms with Crippen LogP contribution in [-0.4, -0.2) is 15.0 Å². The molecule has 0 bridgehead atoms. The molecule has 4 aromatic rings. The Balaban J connectivity index is 0.000000248. The smallest absolute Gasteiger partial charge is 0.259 e. The van der Waals surface area contributed by atoms with Gasteiger partial charge in [-0.2, -0.15) is 15.3 Å². The third-order valence-electron chi connectivity index (χ3n) is 3.36. The van der Waals surface area contributed by atoms with Crippen molar-refractivity contribution in [2.24, 2.45) is 0 Å². The van der Waals surface area contributed by atoms with E-state index in [1.807, 2.05) is 22.6 Å². The van der Waals surface area contributed by atoms with Crippen LogP contribution in [0.25, 0.3) is 0 Å². The number of pyridine rings is 4. The van der Waals surface area contributed by atoms with Crippen molar-refractivity contribution >= 4 is 70.4 Å². The lowest BCUT2D eigenvalue weighted by molar-refractivity contribution is -0.618. The summed E-state index contributed by atoms with van der Waals surface area (Å²) in [6.45, 7) is 0. The van der Waals surface area contributed by atoms with Crippen molar-refractivity contribution in [2.45, 2.75) is 0 Å². The van der Waals surface area contributed by atoms with Crippen LogP contribution in [-0.2, 0) is 0 Å². The summed E-state index contributed by atoms with van der Waals surface area (Å²) in [5.41, 5.74) is -0.332. The maximum absolute atomic E-state index is 12.5. The first kappa shape index (κ1) is 32.3. The van der Waals surface area contributed by atoms with E-state index in [0.717, 1.165) is 12.4 Å². The minimum absolute atomic E-state index is 0.146. The third kappa shape index (κ3) is 12.9. The highest BCUT2D eigenvalue weighted by atomic mass is 127. The molecule has 4 heterocycles. The first-order valence-electron chi connectivity index (χ1n) is 9.22. The highest BCUT2D eigenvalue weighted by molar-refractivity contribution is 14.1. The van der Waals surface area contributed by atoms with E-state index < -0.39 is 17.5 Å². The van der Waals surface area contributed by atoms with Crippen LogP contribution >= 0.6 is 70.4 Å². The number of nitrogens with zero attached hydrogens (tertiary/aromatic N) is 6. The zero-order chi connectivity index (χ0) is 28.0. The number of hydrogen-bond acceptors (Lipinski definition) is 6. The van der Waals surface area contributed by atoms with Gasteiger partial charge in [-0.1, -0.05) is 0 Å². The van der Waals surface area contributed by atoms with Crippen LogP contribution in [0.4, 0.5) is 17.6 Å². The van der Waals surface area contributed by atoms with Crippen LogP contribution in [0.3, 0.4) is 0 Å². The summed E-state index contributed by atoms with van der Waals surface area (Å²) >= 11 is 10.9. The molecule has 0 fully saturated rings. The molecule has 0 amide bonds. The molecular formula is C22H10Br3F4IN6O. The SMILES string of the molecule is Fc1ccc(Br)nc1.N#Cc1nc(Br)ccc1F.N#Cc1nc(I)ccc1F.[O-][n+]1cc(F)ccc1Br. The van der Waals surface area contributed by atoms with Crippen LogP contribution in [0, 0.1) is 54.8 Å². The molecule has 4 rings (SSSR count). The van der Waals surface area contributed by atoms with E-state index in [9.17, 15) is 22.8 Å². The molecule has 190 valence electrons. The largest absolute Gasteiger partial charge is 0.618 e. The summed E-state index contributed by atoms with van der Waals surface area (Å²) in [7, 11) is 0. The summed E-state index contributed by atoms with van der Waals surface area (Å²) in [6, 6.07) is 14.1. The van der Waals surface area contributed by atoms with Gasteiger partial charge in [0.1, 0.15) is 30.9 Å². The van der Waals surface area contributed by atoms with E-state index >= 15 is 0 Å². The van der Waals surface area contributed by atoms with Crippen molar-refractivity contribution in [1.82, 2.24) is 15.0 Å². The van der Waals surface area contributed by atoms with Gasteiger partial charge >= 0.3 is 0 Å². The van der Waals surface area contributed by atoms with Gasteiger partial charge < -0.3 is 5.21 Å². The van der Waals surface area contributed by atoms with Crippen LogP contribution in [0.5, 0.6) is 0 Å². The minimum atomic E-state index is -0.592. The molecule has 0 aliphatic heterocycles. The van der Waals surface area contributed by atoms with Crippen molar-refractivity contribution in [3.63, 3.8) is 0 Å². The van der Waals surface area contributed by atoms with E-state index in [-0.39, 0.29) is 17.2 Å². The number of halogens is 8. The second kappa shape index (κ2) is 16.9. The predicted molar refractivity (Wildman–Crippen MR) is 143 cm³/mol. The highest BCUT2D eigenvalue weighted by Gasteiger charge is 2.02. The fourth-order valence-corrected chi connectivity index (χ4v) is 2.99. The van der Waals surface area contributed by atoms with Crippen LogP contribution in [0.15, 0.2) is 74.7 Å². The summed E-state index contributed by atoms with van der Waals surface area (Å²) in [5.74, 6) is -2.00. The Morgan fingerprint density at radius 1 is 0.757 bits per heavy atom. The molecule has 0 saturated heterocycles. The number of nitriles is 2. The molecule has 0 N–H and O–H groups in total. The molecule has 0 atom stereocenters. The number of hydrogen-bond donors (Lipinski definition) is 0. The van der Waals surface area contributed by atoms with Gasteiger partial charge in [-0.05, 0) is 96.9 Å². The summed E-state index contributed by atoms with van der Waals surface area (Å²) in [5, 5.41) is 27.0. The maximum Gasteiger partial charge on any atom is 0.259 e. The van der Waals surface area contributed by atoms with Gasteiger partial charge in [-0.15, -0.1) is 0 Å². The summed E-state index contributed by atoms with van der Waals surface area (Å²) in [4.78, 5) is 10.8. The van der Waals surface area contributed by atoms with Crippen molar-refractivity contribution < 1.29 is 22.3 Å². The van der Waals surface area contributed by atoms with Gasteiger partial charge in [-0.3, -0.25) is 0 Å². The molecule has 0 aliphatic rings. The molecule has 37 heavy (non-hydrogen) atoms. The molecule has 0 radical (unpaired) electrons. The molecule has 0 aliphatic carbocycles. The van der Waals surface area contributed by atoms with Crippen molar-refractivity contribution in [1.29, 1.82) is 10.5 Å². The van der Waals surface area contributed by atoms with E-state index in [2.05, 4.69) is 62.7 Å². The minimum Gasteiger partial charge on any atom is -0.618 e. The molecule has 7 nitrogen and oxygen atoms in total. The normalized spacial score (nSPS) is 9.14. The topological polar surface area (TPSA) is 113 Å². The average Bonchev–Trinajstić information content (AvgIpc) is 2.87. The fourth-order valence-electron chi connectivity index (χ4n) is 1.79. The van der Waals surface area contributed by atoms with Crippen molar-refractivity contribution in [3.8, 4) is 12.1 Å². The lowest BCUT2D eigenvalue weighted by atomic mass is 10.4. The molecule has 0 saturated carbocycles. The third-order valence-corrected chi connectivity index (χ3v) is 5.48. The van der Waals surface area contributed by atoms with Crippen molar-refractivity contribution in [3.05, 3.63) is 118 Å². The van der Waals surface area contributed by atoms with E-state index in [0.29, 0.717) is 22.2 Å². The Hall–Kier alpha value is -2.73. The second-order valence-electron chi connectivity index (χ2n) is 5.95. The zero-order valence-corrected chi connectivity index (χ0v) is 24.8.